The third-order valence-electron chi connectivity index (χ3n) is 1.38. The highest BCUT2D eigenvalue weighted by atomic mass is 19.3. The molecule has 0 aliphatic heterocycles. The average molecular weight is 218 g/mol. The van der Waals surface area contributed by atoms with E-state index in [0.29, 0.717) is 0 Å². The van der Waals surface area contributed by atoms with Crippen LogP contribution in [0.5, 0.6) is 5.75 Å². The predicted octanol–water partition coefficient (Wildman–Crippen LogP) is 0.994. The lowest BCUT2D eigenvalue weighted by atomic mass is 9.80. The van der Waals surface area contributed by atoms with Crippen molar-refractivity contribution < 1.29 is 23.6 Å². The molecule has 0 aliphatic rings. The van der Waals surface area contributed by atoms with Crippen molar-refractivity contribution in [2.75, 3.05) is 0 Å². The lowest BCUT2D eigenvalue weighted by Gasteiger charge is -2.05. The fourth-order valence-electron chi connectivity index (χ4n) is 0.851. The van der Waals surface area contributed by atoms with Crippen molar-refractivity contribution in [3.8, 4) is 5.75 Å². The van der Waals surface area contributed by atoms with E-state index in [1.165, 1.54) is 18.2 Å². The number of benzene rings is 1. The molecule has 1 aromatic carbocycles. The zero-order valence-corrected chi connectivity index (χ0v) is 8.52. The third kappa shape index (κ3) is 5.34. The number of rotatable bonds is 3. The molecule has 0 fully saturated rings. The number of alkyl halides is 2. The van der Waals surface area contributed by atoms with Crippen LogP contribution in [0, 0.1) is 0 Å². The molecule has 0 bridgehead atoms. The summed E-state index contributed by atoms with van der Waals surface area (Å²) in [6.45, 7) is 1.09. The molecular weight excluding hydrogens is 205 g/mol. The third-order valence-corrected chi connectivity index (χ3v) is 1.38. The van der Waals surface area contributed by atoms with Gasteiger partial charge in [0.1, 0.15) is 5.75 Å². The minimum absolute atomic E-state index is 0.0967. The maximum Gasteiger partial charge on any atom is 0.488 e. The second-order valence-corrected chi connectivity index (χ2v) is 2.32. The topological polar surface area (TPSA) is 49.7 Å². The molecule has 6 heteroatoms. The Balaban J connectivity index is 0.000000921. The Morgan fingerprint density at radius 1 is 1.27 bits per heavy atom. The summed E-state index contributed by atoms with van der Waals surface area (Å²) in [7, 11) is -1.68. The molecule has 3 nitrogen and oxygen atoms in total. The first-order valence-electron chi connectivity index (χ1n) is 4.50. The van der Waals surface area contributed by atoms with Crippen LogP contribution in [0.1, 0.15) is 13.8 Å². The summed E-state index contributed by atoms with van der Waals surface area (Å²) in [5.41, 5.74) is 0.109. The normalized spacial score (nSPS) is 9.27. The molecule has 84 valence electrons. The van der Waals surface area contributed by atoms with Gasteiger partial charge >= 0.3 is 13.7 Å². The van der Waals surface area contributed by atoms with E-state index in [1.807, 2.05) is 13.8 Å². The summed E-state index contributed by atoms with van der Waals surface area (Å²) in [5, 5.41) is 17.4. The molecule has 0 atom stereocenters. The number of halogens is 2. The fraction of sp³-hybridized carbons (Fsp3) is 0.333. The molecule has 0 saturated heterocycles. The van der Waals surface area contributed by atoms with Gasteiger partial charge in [-0.25, -0.2) is 0 Å². The van der Waals surface area contributed by atoms with Gasteiger partial charge in [-0.15, -0.1) is 0 Å². The predicted molar refractivity (Wildman–Crippen MR) is 54.2 cm³/mol. The van der Waals surface area contributed by atoms with Crippen LogP contribution in [0.25, 0.3) is 0 Å². The van der Waals surface area contributed by atoms with Crippen molar-refractivity contribution in [1.29, 1.82) is 0 Å². The lowest BCUT2D eigenvalue weighted by Crippen LogP contribution is -2.29. The second kappa shape index (κ2) is 7.20. The molecule has 15 heavy (non-hydrogen) atoms. The van der Waals surface area contributed by atoms with Crippen LogP contribution in [0.15, 0.2) is 24.3 Å². The maximum absolute atomic E-state index is 11.7. The van der Waals surface area contributed by atoms with E-state index < -0.39 is 13.7 Å². The van der Waals surface area contributed by atoms with E-state index in [0.717, 1.165) is 6.07 Å². The average Bonchev–Trinajstić information content (AvgIpc) is 2.20. The van der Waals surface area contributed by atoms with E-state index in [1.54, 1.807) is 0 Å². The standard InChI is InChI=1S/C7H7BF2O3.C2H6/c9-7(10)13-6-3-1-2-5(4-6)8(11)12;1-2/h1-4,7,11-12H;1-2H3. The minimum atomic E-state index is -2.91. The number of hydrogen-bond donors (Lipinski definition) is 2. The van der Waals surface area contributed by atoms with Crippen molar-refractivity contribution in [3.63, 3.8) is 0 Å². The molecule has 0 spiro atoms. The smallest absolute Gasteiger partial charge is 0.435 e. The molecule has 0 radical (unpaired) electrons. The van der Waals surface area contributed by atoms with E-state index in [9.17, 15) is 8.78 Å². The molecular formula is C9H13BF2O3. The van der Waals surface area contributed by atoms with Crippen LogP contribution < -0.4 is 10.2 Å². The monoisotopic (exact) mass is 218 g/mol. The van der Waals surface area contributed by atoms with Gasteiger partial charge in [0.15, 0.2) is 0 Å². The highest BCUT2D eigenvalue weighted by Gasteiger charge is 2.12. The van der Waals surface area contributed by atoms with Crippen LogP contribution >= 0.6 is 0 Å². The van der Waals surface area contributed by atoms with Gasteiger partial charge in [-0.05, 0) is 17.6 Å². The Labute approximate surface area is 87.5 Å². The molecule has 0 amide bonds. The van der Waals surface area contributed by atoms with E-state index in [4.69, 9.17) is 10.0 Å². The van der Waals surface area contributed by atoms with Gasteiger partial charge in [0.05, 0.1) is 0 Å². The van der Waals surface area contributed by atoms with Crippen molar-refractivity contribution in [2.45, 2.75) is 20.5 Å². The van der Waals surface area contributed by atoms with Crippen LogP contribution in [0.3, 0.4) is 0 Å². The molecule has 0 saturated carbocycles. The van der Waals surface area contributed by atoms with Crippen molar-refractivity contribution in [1.82, 2.24) is 0 Å². The largest absolute Gasteiger partial charge is 0.488 e. The molecule has 0 aliphatic carbocycles. The summed E-state index contributed by atoms with van der Waals surface area (Å²) in [6, 6.07) is 5.23. The first-order valence-corrected chi connectivity index (χ1v) is 4.50. The van der Waals surface area contributed by atoms with Crippen LogP contribution in [0.4, 0.5) is 8.78 Å². The Hall–Kier alpha value is -1.14. The Morgan fingerprint density at radius 2 is 1.87 bits per heavy atom. The van der Waals surface area contributed by atoms with Gasteiger partial charge < -0.3 is 14.8 Å². The van der Waals surface area contributed by atoms with E-state index in [2.05, 4.69) is 4.74 Å². The van der Waals surface area contributed by atoms with Gasteiger partial charge in [-0.1, -0.05) is 26.0 Å². The number of hydrogen-bond acceptors (Lipinski definition) is 3. The summed E-state index contributed by atoms with van der Waals surface area (Å²) in [5.74, 6) is -0.0967. The Bertz CT molecular complexity index is 282. The molecule has 1 aromatic rings. The first-order chi connectivity index (χ1) is 7.09. The van der Waals surface area contributed by atoms with Gasteiger partial charge in [0, 0.05) is 0 Å². The van der Waals surface area contributed by atoms with Gasteiger partial charge in [-0.3, -0.25) is 0 Å². The molecule has 0 unspecified atom stereocenters. The first kappa shape index (κ1) is 13.9. The Morgan fingerprint density at radius 3 is 2.33 bits per heavy atom. The zero-order valence-electron chi connectivity index (χ0n) is 8.52. The van der Waals surface area contributed by atoms with Crippen LogP contribution in [0.2, 0.25) is 0 Å². The van der Waals surface area contributed by atoms with E-state index >= 15 is 0 Å². The summed E-state index contributed by atoms with van der Waals surface area (Å²) in [6.07, 6.45) is 0. The number of ether oxygens (including phenoxy) is 1. The summed E-state index contributed by atoms with van der Waals surface area (Å²) < 4.78 is 27.5. The molecule has 0 aromatic heterocycles. The van der Waals surface area contributed by atoms with Gasteiger partial charge in [0.25, 0.3) is 0 Å². The highest BCUT2D eigenvalue weighted by Crippen LogP contribution is 2.10. The van der Waals surface area contributed by atoms with Crippen molar-refractivity contribution >= 4 is 12.6 Å². The minimum Gasteiger partial charge on any atom is -0.435 e. The highest BCUT2D eigenvalue weighted by molar-refractivity contribution is 6.58. The van der Waals surface area contributed by atoms with Crippen molar-refractivity contribution in [3.05, 3.63) is 24.3 Å². The lowest BCUT2D eigenvalue weighted by molar-refractivity contribution is -0.0498. The fourth-order valence-corrected chi connectivity index (χ4v) is 0.851. The van der Waals surface area contributed by atoms with Gasteiger partial charge in [-0.2, -0.15) is 8.78 Å². The van der Waals surface area contributed by atoms with Crippen LogP contribution in [-0.2, 0) is 0 Å². The second-order valence-electron chi connectivity index (χ2n) is 2.32. The van der Waals surface area contributed by atoms with Gasteiger partial charge in [0.2, 0.25) is 0 Å². The Kier molecular flexibility index (Phi) is 6.65. The summed E-state index contributed by atoms with van der Waals surface area (Å²) >= 11 is 0. The maximum atomic E-state index is 11.7. The molecule has 1 rings (SSSR count). The zero-order chi connectivity index (χ0) is 11.8. The SMILES string of the molecule is CC.OB(O)c1cccc(OC(F)F)c1. The van der Waals surface area contributed by atoms with Crippen molar-refractivity contribution in [2.24, 2.45) is 0 Å². The van der Waals surface area contributed by atoms with Crippen LogP contribution in [-0.4, -0.2) is 23.8 Å². The molecule has 2 N–H and O–H groups in total. The van der Waals surface area contributed by atoms with E-state index in [-0.39, 0.29) is 11.2 Å². The molecule has 0 heterocycles. The summed E-state index contributed by atoms with van der Waals surface area (Å²) in [4.78, 5) is 0. The quantitative estimate of drug-likeness (QED) is 0.744.